The van der Waals surface area contributed by atoms with Crippen LogP contribution in [0.3, 0.4) is 0 Å². The van der Waals surface area contributed by atoms with Crippen molar-refractivity contribution in [1.29, 1.82) is 0 Å². The van der Waals surface area contributed by atoms with Crippen molar-refractivity contribution in [1.82, 2.24) is 10.2 Å². The molecule has 0 saturated carbocycles. The first-order valence-corrected chi connectivity index (χ1v) is 11.8. The molecule has 3 N–H and O–H groups in total. The van der Waals surface area contributed by atoms with Crippen LogP contribution in [0.5, 0.6) is 11.5 Å². The molecule has 3 aliphatic rings. The van der Waals surface area contributed by atoms with Crippen LogP contribution in [0.25, 0.3) is 0 Å². The van der Waals surface area contributed by atoms with Crippen molar-refractivity contribution in [3.05, 3.63) is 23.8 Å². The summed E-state index contributed by atoms with van der Waals surface area (Å²) in [5, 5.41) is 2.29. The van der Waals surface area contributed by atoms with E-state index in [4.69, 9.17) is 24.7 Å². The topological polar surface area (TPSA) is 146 Å². The Labute approximate surface area is 212 Å². The monoisotopic (exact) mass is 529 g/mol. The number of halogens is 1. The van der Waals surface area contributed by atoms with E-state index < -0.39 is 52.9 Å². The van der Waals surface area contributed by atoms with Gasteiger partial charge in [-0.2, -0.15) is 0 Å². The lowest BCUT2D eigenvalue weighted by Gasteiger charge is -2.44. The van der Waals surface area contributed by atoms with Crippen LogP contribution in [0.2, 0.25) is 0 Å². The molecule has 35 heavy (non-hydrogen) atoms. The number of hydrogen-bond acceptors (Lipinski definition) is 10. The number of β-lactam (4-membered cyclic amide) rings is 1. The van der Waals surface area contributed by atoms with Gasteiger partial charge in [-0.3, -0.25) is 14.4 Å². The Morgan fingerprint density at radius 2 is 1.97 bits per heavy atom. The fourth-order valence-corrected chi connectivity index (χ4v) is 5.76. The normalized spacial score (nSPS) is 23.9. The van der Waals surface area contributed by atoms with E-state index in [0.29, 0.717) is 11.5 Å². The second kappa shape index (κ2) is 10.5. The molecule has 0 radical (unpaired) electrons. The fraction of sp³-hybridized carbons (Fsp3) is 0.545. The number of fused-ring (bicyclic) bond motifs is 2. The molecule has 0 aromatic heterocycles. The molecule has 0 spiro atoms. The Morgan fingerprint density at radius 3 is 2.69 bits per heavy atom. The molecular formula is C22H28ClN3O8S. The number of esters is 2. The quantitative estimate of drug-likeness (QED) is 0.280. The van der Waals surface area contributed by atoms with E-state index in [9.17, 15) is 19.2 Å². The lowest BCUT2D eigenvalue weighted by Crippen LogP contribution is -2.71. The molecule has 4 atom stereocenters. The van der Waals surface area contributed by atoms with Gasteiger partial charge in [-0.15, -0.1) is 24.2 Å². The highest BCUT2D eigenvalue weighted by Crippen LogP contribution is 2.51. The number of ether oxygens (including phenoxy) is 4. The number of benzene rings is 1. The molecule has 4 rings (SSSR count). The van der Waals surface area contributed by atoms with Crippen LogP contribution >= 0.6 is 24.2 Å². The second-order valence-corrected chi connectivity index (χ2v) is 10.5. The largest absolute Gasteiger partial charge is 0.454 e. The van der Waals surface area contributed by atoms with Gasteiger partial charge in [0.1, 0.15) is 17.5 Å². The number of nitrogens with one attached hydrogen (secondary N) is 1. The summed E-state index contributed by atoms with van der Waals surface area (Å²) in [6, 6.07) is 2.79. The van der Waals surface area contributed by atoms with E-state index in [2.05, 4.69) is 5.32 Å². The van der Waals surface area contributed by atoms with Gasteiger partial charge in [-0.25, -0.2) is 4.79 Å². The molecule has 2 saturated heterocycles. The van der Waals surface area contributed by atoms with Crippen molar-refractivity contribution in [2.24, 2.45) is 5.73 Å². The molecule has 13 heteroatoms. The van der Waals surface area contributed by atoms with Crippen LogP contribution in [-0.2, 0) is 35.1 Å². The van der Waals surface area contributed by atoms with Crippen LogP contribution in [-0.4, -0.2) is 70.5 Å². The Bertz CT molecular complexity index is 1020. The predicted molar refractivity (Wildman–Crippen MR) is 127 cm³/mol. The zero-order chi connectivity index (χ0) is 24.6. The first kappa shape index (κ1) is 26.9. The minimum atomic E-state index is -0.879. The minimum absolute atomic E-state index is 0. The first-order valence-electron chi connectivity index (χ1n) is 10.9. The molecule has 3 heterocycles. The average Bonchev–Trinajstić information content (AvgIpc) is 3.36. The molecule has 0 aliphatic carbocycles. The highest BCUT2D eigenvalue weighted by Gasteiger charge is 2.64. The van der Waals surface area contributed by atoms with Gasteiger partial charge in [0.2, 0.25) is 25.4 Å². The Kier molecular flexibility index (Phi) is 8.07. The van der Waals surface area contributed by atoms with E-state index in [1.807, 2.05) is 13.8 Å². The van der Waals surface area contributed by atoms with Crippen LogP contribution in [0, 0.1) is 0 Å². The van der Waals surface area contributed by atoms with Crippen molar-refractivity contribution in [2.45, 2.75) is 61.9 Å². The number of thioether (sulfide) groups is 1. The second-order valence-electron chi connectivity index (χ2n) is 8.70. The number of rotatable bonds is 8. The zero-order valence-corrected chi connectivity index (χ0v) is 21.1. The lowest BCUT2D eigenvalue weighted by molar-refractivity contribution is -0.176. The van der Waals surface area contributed by atoms with E-state index in [0.717, 1.165) is 5.56 Å². The minimum Gasteiger partial charge on any atom is -0.454 e. The summed E-state index contributed by atoms with van der Waals surface area (Å²) >= 11 is 1.39. The van der Waals surface area contributed by atoms with Gasteiger partial charge in [-0.1, -0.05) is 13.0 Å². The molecule has 11 nitrogen and oxygen atoms in total. The Balaban J connectivity index is 0.00000342. The third-order valence-corrected chi connectivity index (χ3v) is 7.47. The van der Waals surface area contributed by atoms with Crippen LogP contribution in [0.1, 0.15) is 32.8 Å². The highest BCUT2D eigenvalue weighted by molar-refractivity contribution is 8.01. The molecule has 1 aromatic carbocycles. The molecule has 1 unspecified atom stereocenters. The zero-order valence-electron chi connectivity index (χ0n) is 19.5. The molecule has 2 amide bonds. The van der Waals surface area contributed by atoms with Crippen LogP contribution in [0.15, 0.2) is 18.2 Å². The molecule has 1 aromatic rings. The average molecular weight is 530 g/mol. The van der Waals surface area contributed by atoms with Crippen molar-refractivity contribution in [3.63, 3.8) is 0 Å². The Morgan fingerprint density at radius 1 is 1.26 bits per heavy atom. The number of amides is 2. The SMILES string of the molecule is CCC(=O)OCOC(=O)[C@@H]1N2C(=O)[C@@H](NC(=O)C(N)Cc3ccc4c(c3)OCO4)[C@H]2SC1(C)C.Cl. The van der Waals surface area contributed by atoms with Crippen molar-refractivity contribution in [2.75, 3.05) is 13.6 Å². The van der Waals surface area contributed by atoms with Crippen molar-refractivity contribution in [3.8, 4) is 11.5 Å². The van der Waals surface area contributed by atoms with Gasteiger partial charge in [-0.05, 0) is 38.0 Å². The molecule has 3 aliphatic heterocycles. The summed E-state index contributed by atoms with van der Waals surface area (Å²) in [4.78, 5) is 50.9. The molecule has 0 bridgehead atoms. The maximum Gasteiger partial charge on any atom is 0.333 e. The van der Waals surface area contributed by atoms with Crippen molar-refractivity contribution < 1.29 is 38.1 Å². The van der Waals surface area contributed by atoms with Crippen LogP contribution in [0.4, 0.5) is 0 Å². The summed E-state index contributed by atoms with van der Waals surface area (Å²) in [6.07, 6.45) is 0.412. The molecule has 2 fully saturated rings. The number of hydrogen-bond donors (Lipinski definition) is 2. The highest BCUT2D eigenvalue weighted by atomic mass is 35.5. The van der Waals surface area contributed by atoms with Gasteiger partial charge in [0, 0.05) is 11.2 Å². The molecule has 192 valence electrons. The predicted octanol–water partition coefficient (Wildman–Crippen LogP) is 0.708. The summed E-state index contributed by atoms with van der Waals surface area (Å²) in [7, 11) is 0. The smallest absolute Gasteiger partial charge is 0.333 e. The lowest BCUT2D eigenvalue weighted by atomic mass is 9.95. The fourth-order valence-electron chi connectivity index (χ4n) is 4.14. The number of nitrogens with zero attached hydrogens (tertiary/aromatic N) is 1. The summed E-state index contributed by atoms with van der Waals surface area (Å²) in [5.41, 5.74) is 6.89. The van der Waals surface area contributed by atoms with E-state index >= 15 is 0 Å². The summed E-state index contributed by atoms with van der Waals surface area (Å²) < 4.78 is 19.8. The molecular weight excluding hydrogens is 502 g/mol. The maximum absolute atomic E-state index is 12.9. The van der Waals surface area contributed by atoms with E-state index in [1.54, 1.807) is 25.1 Å². The van der Waals surface area contributed by atoms with Crippen molar-refractivity contribution >= 4 is 47.9 Å². The van der Waals surface area contributed by atoms with Gasteiger partial charge >= 0.3 is 11.9 Å². The summed E-state index contributed by atoms with van der Waals surface area (Å²) in [5.74, 6) is -0.778. The summed E-state index contributed by atoms with van der Waals surface area (Å²) in [6.45, 7) is 4.90. The van der Waals surface area contributed by atoms with E-state index in [-0.39, 0.29) is 37.9 Å². The number of carbonyl (C=O) groups excluding carboxylic acids is 4. The Hall–Kier alpha value is -2.70. The van der Waals surface area contributed by atoms with Crippen LogP contribution < -0.4 is 20.5 Å². The van der Waals surface area contributed by atoms with Gasteiger partial charge in [0.15, 0.2) is 11.5 Å². The number of nitrogens with two attached hydrogens (primary N) is 1. The van der Waals surface area contributed by atoms with E-state index in [1.165, 1.54) is 16.7 Å². The first-order chi connectivity index (χ1) is 16.1. The third kappa shape index (κ3) is 5.29. The standard InChI is InChI=1S/C22H27N3O8S.ClH/c1-4-15(26)32-10-33-21(29)17-22(2,3)34-20-16(19(28)25(17)20)24-18(27)12(23)7-11-5-6-13-14(8-11)31-9-30-13;/h5-6,8,12,16-17,20H,4,7,9-10,23H2,1-3H3,(H,24,27);1H/t12?,16-,17+,20-;/m1./s1. The number of carbonyl (C=O) groups is 4. The third-order valence-electron chi connectivity index (χ3n) is 5.90. The maximum atomic E-state index is 12.9. The van der Waals surface area contributed by atoms with Gasteiger partial charge in [0.05, 0.1) is 6.04 Å². The van der Waals surface area contributed by atoms with Gasteiger partial charge < -0.3 is 34.9 Å². The van der Waals surface area contributed by atoms with Gasteiger partial charge in [0.25, 0.3) is 0 Å².